The van der Waals surface area contributed by atoms with E-state index in [9.17, 15) is 21.6 Å². The van der Waals surface area contributed by atoms with Crippen LogP contribution in [0.3, 0.4) is 0 Å². The third kappa shape index (κ3) is 4.27. The maximum Gasteiger partial charge on any atom is 0.416 e. The number of hydrogen-bond donors (Lipinski definition) is 1. The molecular formula is C18H20F3N5O3S. The zero-order chi connectivity index (χ0) is 22.1. The van der Waals surface area contributed by atoms with Crippen LogP contribution in [0.5, 0.6) is 5.75 Å². The summed E-state index contributed by atoms with van der Waals surface area (Å²) in [7, 11) is 0.670. The summed E-state index contributed by atoms with van der Waals surface area (Å²) in [5.74, 6) is -0.0857. The van der Waals surface area contributed by atoms with Crippen molar-refractivity contribution in [3.8, 4) is 5.75 Å². The number of aromatic nitrogens is 3. The highest BCUT2D eigenvalue weighted by Crippen LogP contribution is 2.36. The van der Waals surface area contributed by atoms with Crippen molar-refractivity contribution in [2.24, 2.45) is 7.05 Å². The Labute approximate surface area is 171 Å². The van der Waals surface area contributed by atoms with Crippen LogP contribution in [0.4, 0.5) is 24.7 Å². The first-order valence-electron chi connectivity index (χ1n) is 8.77. The molecule has 162 valence electrons. The number of halogens is 3. The molecule has 1 N–H and O–H groups in total. The zero-order valence-electron chi connectivity index (χ0n) is 16.4. The van der Waals surface area contributed by atoms with E-state index in [0.717, 1.165) is 28.0 Å². The number of rotatable bonds is 7. The molecule has 8 nitrogen and oxygen atoms in total. The molecule has 0 unspecified atom stereocenters. The van der Waals surface area contributed by atoms with E-state index in [1.807, 2.05) is 0 Å². The Kier molecular flexibility index (Phi) is 5.79. The number of nitrogens with zero attached hydrogens (tertiary/aromatic N) is 4. The maximum absolute atomic E-state index is 12.9. The van der Waals surface area contributed by atoms with Crippen molar-refractivity contribution in [2.75, 3.05) is 36.1 Å². The number of sulfonamides is 1. The van der Waals surface area contributed by atoms with E-state index >= 15 is 0 Å². The highest BCUT2D eigenvalue weighted by atomic mass is 32.2. The lowest BCUT2D eigenvalue weighted by Crippen LogP contribution is -2.32. The molecule has 0 bridgehead atoms. The topological polar surface area (TPSA) is 89.4 Å². The average molecular weight is 443 g/mol. The molecule has 2 aromatic heterocycles. The maximum atomic E-state index is 12.9. The van der Waals surface area contributed by atoms with E-state index in [1.165, 1.54) is 14.2 Å². The van der Waals surface area contributed by atoms with Crippen molar-refractivity contribution in [3.63, 3.8) is 0 Å². The van der Waals surface area contributed by atoms with Gasteiger partial charge in [0.25, 0.3) is 0 Å². The molecule has 0 spiro atoms. The van der Waals surface area contributed by atoms with Crippen LogP contribution in [0.2, 0.25) is 0 Å². The summed E-state index contributed by atoms with van der Waals surface area (Å²) in [5.41, 5.74) is 0.0349. The Bertz CT molecular complexity index is 1160. The monoisotopic (exact) mass is 443 g/mol. The Hall–Kier alpha value is -3.02. The van der Waals surface area contributed by atoms with Crippen LogP contribution >= 0.6 is 0 Å². The van der Waals surface area contributed by atoms with Crippen LogP contribution in [0.25, 0.3) is 10.9 Å². The highest BCUT2D eigenvalue weighted by molar-refractivity contribution is 7.92. The van der Waals surface area contributed by atoms with Crippen LogP contribution in [-0.4, -0.2) is 49.6 Å². The Morgan fingerprint density at radius 2 is 2.00 bits per heavy atom. The van der Waals surface area contributed by atoms with Gasteiger partial charge in [-0.05, 0) is 24.3 Å². The first kappa shape index (κ1) is 21.7. The molecule has 0 amide bonds. The smallest absolute Gasteiger partial charge is 0.416 e. The second-order valence-corrected chi connectivity index (χ2v) is 8.58. The highest BCUT2D eigenvalue weighted by Gasteiger charge is 2.31. The second-order valence-electron chi connectivity index (χ2n) is 6.46. The van der Waals surface area contributed by atoms with Gasteiger partial charge < -0.3 is 10.1 Å². The fraction of sp³-hybridized carbons (Fsp3) is 0.333. The molecule has 0 radical (unpaired) electrons. The molecule has 0 aliphatic heterocycles. The minimum atomic E-state index is -4.51. The number of pyridine rings is 1. The molecule has 0 saturated carbocycles. The number of ether oxygens (including phenoxy) is 1. The van der Waals surface area contributed by atoms with E-state index < -0.39 is 21.8 Å². The molecule has 12 heteroatoms. The number of nitrogens with one attached hydrogen (secondary N) is 1. The van der Waals surface area contributed by atoms with Gasteiger partial charge in [-0.25, -0.2) is 13.4 Å². The van der Waals surface area contributed by atoms with Crippen molar-refractivity contribution in [1.82, 2.24) is 14.8 Å². The average Bonchev–Trinajstić information content (AvgIpc) is 3.07. The van der Waals surface area contributed by atoms with Gasteiger partial charge in [-0.1, -0.05) is 0 Å². The van der Waals surface area contributed by atoms with Gasteiger partial charge in [0.05, 0.1) is 30.1 Å². The van der Waals surface area contributed by atoms with Gasteiger partial charge in [-0.3, -0.25) is 8.99 Å². The van der Waals surface area contributed by atoms with Gasteiger partial charge in [-0.15, -0.1) is 0 Å². The molecule has 30 heavy (non-hydrogen) atoms. The Morgan fingerprint density at radius 1 is 1.27 bits per heavy atom. The third-order valence-electron chi connectivity index (χ3n) is 4.54. The van der Waals surface area contributed by atoms with E-state index in [2.05, 4.69) is 15.4 Å². The van der Waals surface area contributed by atoms with Crippen LogP contribution < -0.4 is 14.4 Å². The normalized spacial score (nSPS) is 12.2. The van der Waals surface area contributed by atoms with Crippen molar-refractivity contribution >= 4 is 32.4 Å². The minimum absolute atomic E-state index is 0.0611. The standard InChI is InChI=1S/C18H20F3N5O3S/c1-25-16-12(11-24-25)4-5-14(29-3)17(16)26(2)30(27,28)9-8-23-15-10-13(6-7-22-15)18(19,20)21/h4-7,10-11H,8-9H2,1-3H3,(H,22,23). The van der Waals surface area contributed by atoms with Crippen LogP contribution in [0.1, 0.15) is 5.56 Å². The number of methoxy groups -OCH3 is 1. The molecule has 3 aromatic rings. The molecule has 0 atom stereocenters. The van der Waals surface area contributed by atoms with Crippen LogP contribution in [0.15, 0.2) is 36.7 Å². The van der Waals surface area contributed by atoms with Crippen molar-refractivity contribution in [2.45, 2.75) is 6.18 Å². The fourth-order valence-corrected chi connectivity index (χ4v) is 4.07. The van der Waals surface area contributed by atoms with Crippen LogP contribution in [-0.2, 0) is 23.2 Å². The van der Waals surface area contributed by atoms with Gasteiger partial charge in [0.1, 0.15) is 17.3 Å². The molecular weight excluding hydrogens is 423 g/mol. The van der Waals surface area contributed by atoms with Gasteiger partial charge >= 0.3 is 6.18 Å². The first-order valence-corrected chi connectivity index (χ1v) is 10.4. The lowest BCUT2D eigenvalue weighted by molar-refractivity contribution is -0.137. The summed E-state index contributed by atoms with van der Waals surface area (Å²) >= 11 is 0. The van der Waals surface area contributed by atoms with Gasteiger partial charge in [0, 0.05) is 32.2 Å². The third-order valence-corrected chi connectivity index (χ3v) is 6.28. The van der Waals surface area contributed by atoms with Crippen molar-refractivity contribution in [1.29, 1.82) is 0 Å². The molecule has 1 aromatic carbocycles. The molecule has 3 rings (SSSR count). The number of hydrogen-bond acceptors (Lipinski definition) is 6. The fourth-order valence-electron chi connectivity index (χ4n) is 2.98. The largest absolute Gasteiger partial charge is 0.494 e. The number of aryl methyl sites for hydroxylation is 1. The van der Waals surface area contributed by atoms with E-state index in [0.29, 0.717) is 17.0 Å². The molecule has 0 aliphatic rings. The van der Waals surface area contributed by atoms with Crippen LogP contribution in [0, 0.1) is 0 Å². The molecule has 0 saturated heterocycles. The molecule has 0 aliphatic carbocycles. The van der Waals surface area contributed by atoms with Gasteiger partial charge in [0.2, 0.25) is 10.0 Å². The summed E-state index contributed by atoms with van der Waals surface area (Å²) < 4.78 is 72.2. The number of alkyl halides is 3. The summed E-state index contributed by atoms with van der Waals surface area (Å²) in [5, 5.41) is 7.52. The van der Waals surface area contributed by atoms with Gasteiger partial charge in [0.15, 0.2) is 0 Å². The van der Waals surface area contributed by atoms with Gasteiger partial charge in [-0.2, -0.15) is 18.3 Å². The summed E-state index contributed by atoms with van der Waals surface area (Å²) in [4.78, 5) is 3.80. The summed E-state index contributed by atoms with van der Waals surface area (Å²) in [6.07, 6.45) is -1.89. The number of benzene rings is 1. The SMILES string of the molecule is COc1ccc2cnn(C)c2c1N(C)S(=O)(=O)CCNc1cc(C(F)(F)F)ccn1. The minimum Gasteiger partial charge on any atom is -0.494 e. The predicted molar refractivity (Wildman–Crippen MR) is 107 cm³/mol. The summed E-state index contributed by atoms with van der Waals surface area (Å²) in [6, 6.07) is 5.09. The summed E-state index contributed by atoms with van der Waals surface area (Å²) in [6.45, 7) is -0.134. The van der Waals surface area contributed by atoms with E-state index in [1.54, 1.807) is 30.1 Å². The van der Waals surface area contributed by atoms with Crippen molar-refractivity contribution < 1.29 is 26.3 Å². The molecule has 2 heterocycles. The Morgan fingerprint density at radius 3 is 2.67 bits per heavy atom. The molecule has 0 fully saturated rings. The van der Waals surface area contributed by atoms with Crippen molar-refractivity contribution in [3.05, 3.63) is 42.2 Å². The quantitative estimate of drug-likeness (QED) is 0.604. The van der Waals surface area contributed by atoms with E-state index in [-0.39, 0.29) is 18.1 Å². The first-order chi connectivity index (χ1) is 14.0. The Balaban J connectivity index is 1.80. The van der Waals surface area contributed by atoms with E-state index in [4.69, 9.17) is 4.74 Å². The zero-order valence-corrected chi connectivity index (χ0v) is 17.3. The lowest BCUT2D eigenvalue weighted by atomic mass is 10.2. The second kappa shape index (κ2) is 8.01. The predicted octanol–water partition coefficient (Wildman–Crippen LogP) is 2.87. The number of anilines is 2. The lowest BCUT2D eigenvalue weighted by Gasteiger charge is -2.23. The number of fused-ring (bicyclic) bond motifs is 1.